The Labute approximate surface area is 369 Å². The second-order valence-corrected chi connectivity index (χ2v) is 16.1. The minimum Gasteiger partial charge on any atom is -0.664 e. The van der Waals surface area contributed by atoms with Crippen LogP contribution in [0.25, 0.3) is 11.4 Å². The number of rotatable bonds is 20. The van der Waals surface area contributed by atoms with E-state index in [9.17, 15) is 79.2 Å². The SMILES string of the molecule is C[C@@]1(CC(=O)[O-])/C2=C/c3[n-]c(c(CCC(=O)[O-])c3CC(=O)[O-])CC3=C(CCC(=O)[O-])C(CC(=O)[O-])C(=N3)/C=C3\[N-]/C(=C\C(=N2)[C@H]1CCC(=O)[O-])[C@@](C)(CC(=O)[O-])[C@@H]3CCC(=O)[O-].[Co]. The van der Waals surface area contributed by atoms with E-state index in [0.29, 0.717) is 0 Å². The molecule has 1 aromatic heterocycles. The van der Waals surface area contributed by atoms with Crippen LogP contribution in [-0.2, 0) is 74.4 Å². The zero-order valence-electron chi connectivity index (χ0n) is 33.8. The van der Waals surface area contributed by atoms with E-state index >= 15 is 0 Å². The summed E-state index contributed by atoms with van der Waals surface area (Å²) in [5, 5.41) is 101. The van der Waals surface area contributed by atoms with Crippen LogP contribution in [0.15, 0.2) is 50.5 Å². The van der Waals surface area contributed by atoms with Crippen molar-refractivity contribution in [1.82, 2.24) is 4.98 Å². The molecule has 341 valence electrons. The second kappa shape index (κ2) is 19.8. The Morgan fingerprint density at radius 3 is 1.76 bits per heavy atom. The van der Waals surface area contributed by atoms with E-state index in [1.165, 1.54) is 32.1 Å². The number of carbonyl (C=O) groups excluding carboxylic acids is 8. The number of allylic oxidation sites excluding steroid dienone is 7. The van der Waals surface area contributed by atoms with E-state index in [1.54, 1.807) is 0 Å². The second-order valence-electron chi connectivity index (χ2n) is 16.1. The van der Waals surface area contributed by atoms with Crippen molar-refractivity contribution in [1.29, 1.82) is 0 Å². The van der Waals surface area contributed by atoms with Crippen LogP contribution in [0.1, 0.15) is 101 Å². The molecule has 5 heterocycles. The molecule has 0 spiro atoms. The summed E-state index contributed by atoms with van der Waals surface area (Å²) >= 11 is 0. The molecule has 4 aliphatic rings. The molecular formula is C42H38CoN4O16-10. The first-order valence-electron chi connectivity index (χ1n) is 19.5. The third kappa shape index (κ3) is 11.2. The minimum absolute atomic E-state index is 0. The number of fused-ring (bicyclic) bond motifs is 6. The van der Waals surface area contributed by atoms with Gasteiger partial charge in [0.2, 0.25) is 0 Å². The van der Waals surface area contributed by atoms with E-state index in [0.717, 1.165) is 0 Å². The van der Waals surface area contributed by atoms with Crippen LogP contribution >= 0.6 is 0 Å². The molecular weight excluding hydrogens is 875 g/mol. The monoisotopic (exact) mass is 913 g/mol. The number of aliphatic imine (C=N–C) groups is 2. The van der Waals surface area contributed by atoms with Crippen LogP contribution in [0.5, 0.6) is 0 Å². The maximum atomic E-state index is 12.4. The third-order valence-electron chi connectivity index (χ3n) is 12.0. The summed E-state index contributed by atoms with van der Waals surface area (Å²) in [5.74, 6) is -16.0. The maximum absolute atomic E-state index is 12.4. The number of aliphatic carboxylic acids is 8. The van der Waals surface area contributed by atoms with Gasteiger partial charge in [-0.3, -0.25) is 9.98 Å². The summed E-state index contributed by atoms with van der Waals surface area (Å²) in [6.45, 7) is 2.87. The Bertz CT molecular complexity index is 2320. The van der Waals surface area contributed by atoms with E-state index in [4.69, 9.17) is 10.3 Å². The molecule has 1 saturated heterocycles. The fourth-order valence-corrected chi connectivity index (χ4v) is 9.08. The van der Waals surface area contributed by atoms with Crippen molar-refractivity contribution >= 4 is 65.3 Å². The van der Waals surface area contributed by atoms with Gasteiger partial charge in [0.25, 0.3) is 0 Å². The number of aromatic nitrogens is 1. The van der Waals surface area contributed by atoms with Gasteiger partial charge in [0, 0.05) is 111 Å². The molecule has 0 aliphatic carbocycles. The summed E-state index contributed by atoms with van der Waals surface area (Å²) in [6, 6.07) is 0. The molecule has 63 heavy (non-hydrogen) atoms. The van der Waals surface area contributed by atoms with Crippen molar-refractivity contribution in [2.75, 3.05) is 0 Å². The zero-order valence-corrected chi connectivity index (χ0v) is 34.9. The average molecular weight is 914 g/mol. The third-order valence-corrected chi connectivity index (χ3v) is 12.0. The largest absolute Gasteiger partial charge is 0.664 e. The predicted molar refractivity (Wildman–Crippen MR) is 193 cm³/mol. The Morgan fingerprint density at radius 1 is 0.635 bits per heavy atom. The van der Waals surface area contributed by atoms with Gasteiger partial charge in [-0.25, -0.2) is 0 Å². The molecule has 8 bridgehead atoms. The molecule has 5 rings (SSSR count). The molecule has 0 amide bonds. The van der Waals surface area contributed by atoms with E-state index in [2.05, 4.69) is 9.98 Å². The molecule has 0 aromatic carbocycles. The van der Waals surface area contributed by atoms with Gasteiger partial charge in [-0.05, 0) is 94.0 Å². The Kier molecular flexibility index (Phi) is 15.5. The van der Waals surface area contributed by atoms with Crippen LogP contribution < -0.4 is 45.8 Å². The first-order chi connectivity index (χ1) is 29.0. The average Bonchev–Trinajstić information content (AvgIpc) is 3.77. The molecule has 1 unspecified atom stereocenters. The fraction of sp³-hybridized carbons (Fsp3) is 0.476. The van der Waals surface area contributed by atoms with Gasteiger partial charge in [0.05, 0.1) is 0 Å². The van der Waals surface area contributed by atoms with Gasteiger partial charge in [0.15, 0.2) is 0 Å². The molecule has 0 saturated carbocycles. The smallest absolute Gasteiger partial charge is 0.0467 e. The molecule has 1 radical (unpaired) electrons. The van der Waals surface area contributed by atoms with Crippen molar-refractivity contribution in [2.24, 2.45) is 38.6 Å². The fourth-order valence-electron chi connectivity index (χ4n) is 9.08. The van der Waals surface area contributed by atoms with Crippen LogP contribution in [0.3, 0.4) is 0 Å². The molecule has 5 atom stereocenters. The normalized spacial score (nSPS) is 26.1. The number of nitrogens with zero attached hydrogens (tertiary/aromatic N) is 4. The summed E-state index contributed by atoms with van der Waals surface area (Å²) in [7, 11) is 0. The maximum Gasteiger partial charge on any atom is 0.0467 e. The molecule has 1 fully saturated rings. The number of carboxylic acid groups (broad SMARTS) is 8. The van der Waals surface area contributed by atoms with Crippen LogP contribution in [0.4, 0.5) is 0 Å². The van der Waals surface area contributed by atoms with Crippen molar-refractivity contribution in [3.63, 3.8) is 0 Å². The van der Waals surface area contributed by atoms with Crippen molar-refractivity contribution < 1.29 is 96.0 Å². The quantitative estimate of drug-likeness (QED) is 0.117. The number of hydrogen-bond acceptors (Lipinski definition) is 18. The van der Waals surface area contributed by atoms with Gasteiger partial charge < -0.3 is 89.5 Å². The standard InChI is InChI=1S/C42H47N4O16.Co/c1-41(17-39(59)60)23(5-9-35(51)52)29-14-27-21(11-37(55)56)19(3-7-33(47)48)25(43-27)13-26-20(4-8-34(49)50)22(12-38(57)58)28(44-26)15-31-42(2,18-40(61)62)24(6-10-36(53)54)30(46-31)16-32(41)45-29;/h14-16,21,23-24H,3-13,17-18H2,1-2H3,(H9,43,45,46,47,48,49,50,51,52,53,54,55,56,57,58,59,60,61,62);/q-1;/p-9/b31-15-;/t21?,23-,24-,41+,42+;/m1./s1. The van der Waals surface area contributed by atoms with Crippen molar-refractivity contribution in [3.8, 4) is 0 Å². The van der Waals surface area contributed by atoms with Crippen LogP contribution in [0.2, 0.25) is 0 Å². The van der Waals surface area contributed by atoms with Gasteiger partial charge in [0.1, 0.15) is 0 Å². The van der Waals surface area contributed by atoms with Crippen molar-refractivity contribution in [3.05, 3.63) is 68.3 Å². The topological polar surface area (TPSA) is 374 Å². The van der Waals surface area contributed by atoms with E-state index < -0.39 is 128 Å². The first-order valence-corrected chi connectivity index (χ1v) is 19.5. The molecule has 1 aromatic rings. The van der Waals surface area contributed by atoms with E-state index in [-0.39, 0.29) is 111 Å². The van der Waals surface area contributed by atoms with Gasteiger partial charge in [-0.2, -0.15) is 11.4 Å². The molecule has 21 heteroatoms. The number of hydrogen-bond donors (Lipinski definition) is 0. The first kappa shape index (κ1) is 49.3. The number of carboxylic acids is 8. The van der Waals surface area contributed by atoms with E-state index in [1.807, 2.05) is 0 Å². The van der Waals surface area contributed by atoms with Gasteiger partial charge >= 0.3 is 0 Å². The Hall–Kier alpha value is -6.35. The summed E-state index contributed by atoms with van der Waals surface area (Å²) in [4.78, 5) is 111. The number of carbonyl (C=O) groups is 8. The van der Waals surface area contributed by atoms with Gasteiger partial charge in [-0.15, -0.1) is 11.4 Å². The predicted octanol–water partition coefficient (Wildman–Crippen LogP) is -6.30. The van der Waals surface area contributed by atoms with Gasteiger partial charge in [-0.1, -0.05) is 43.2 Å². The molecule has 20 nitrogen and oxygen atoms in total. The zero-order chi connectivity index (χ0) is 45.8. The van der Waals surface area contributed by atoms with Crippen LogP contribution in [-0.4, -0.2) is 59.2 Å². The summed E-state index contributed by atoms with van der Waals surface area (Å²) < 4.78 is 0. The minimum atomic E-state index is -1.66. The Morgan fingerprint density at radius 2 is 1.21 bits per heavy atom. The summed E-state index contributed by atoms with van der Waals surface area (Å²) in [5.41, 5.74) is -3.51. The molecule has 4 aliphatic heterocycles. The Balaban J connectivity index is 0.00000871. The summed E-state index contributed by atoms with van der Waals surface area (Å²) in [6.07, 6.45) is -3.62. The van der Waals surface area contributed by atoms with Crippen molar-refractivity contribution in [2.45, 2.75) is 97.3 Å². The molecule has 0 N–H and O–H groups in total. The van der Waals surface area contributed by atoms with Crippen LogP contribution in [0, 0.1) is 28.6 Å².